The number of rotatable bonds is 7. The lowest BCUT2D eigenvalue weighted by molar-refractivity contribution is -0.128. The van der Waals surface area contributed by atoms with Crippen LogP contribution < -0.4 is 5.32 Å². The number of carbonyl (C=O) groups is 2. The van der Waals surface area contributed by atoms with Crippen LogP contribution in [-0.4, -0.2) is 47.4 Å². The van der Waals surface area contributed by atoms with Gasteiger partial charge in [0.25, 0.3) is 0 Å². The van der Waals surface area contributed by atoms with Gasteiger partial charge in [0.15, 0.2) is 5.17 Å². The number of hydrogen-bond donors (Lipinski definition) is 1. The second kappa shape index (κ2) is 9.73. The lowest BCUT2D eigenvalue weighted by atomic mass is 10.2. The second-order valence-corrected chi connectivity index (χ2v) is 7.69. The van der Waals surface area contributed by atoms with Crippen LogP contribution in [0.3, 0.4) is 0 Å². The molecule has 28 heavy (non-hydrogen) atoms. The number of amides is 2. The van der Waals surface area contributed by atoms with E-state index < -0.39 is 5.25 Å². The highest BCUT2D eigenvalue weighted by atomic mass is 35.5. The highest BCUT2D eigenvalue weighted by molar-refractivity contribution is 8.15. The average Bonchev–Trinajstić information content (AvgIpc) is 2.95. The molecule has 0 spiro atoms. The third-order valence-electron chi connectivity index (χ3n) is 4.00. The van der Waals surface area contributed by atoms with Gasteiger partial charge in [-0.05, 0) is 30.3 Å². The number of halogens is 1. The van der Waals surface area contributed by atoms with Crippen LogP contribution in [0.2, 0.25) is 5.02 Å². The van der Waals surface area contributed by atoms with E-state index in [0.717, 1.165) is 5.69 Å². The van der Waals surface area contributed by atoms with Gasteiger partial charge >= 0.3 is 0 Å². The standard InChI is InChI=1S/C20H20ClN3O3S/c1-27-11-10-24-19(26)17(28-20(24)23-15-7-3-2-4-8-15)13-18(25)22-16-9-5-6-14(21)12-16/h2-9,12,17H,10-11,13H2,1H3,(H,22,25). The molecule has 1 aliphatic rings. The molecule has 8 heteroatoms. The van der Waals surface area contributed by atoms with Crippen molar-refractivity contribution in [2.75, 3.05) is 25.6 Å². The molecule has 146 valence electrons. The highest BCUT2D eigenvalue weighted by Crippen LogP contribution is 2.31. The Hall–Kier alpha value is -2.35. The van der Waals surface area contributed by atoms with Crippen molar-refractivity contribution >= 4 is 51.7 Å². The van der Waals surface area contributed by atoms with E-state index in [1.807, 2.05) is 30.3 Å². The minimum absolute atomic E-state index is 0.0489. The molecule has 3 rings (SSSR count). The Balaban J connectivity index is 1.71. The fourth-order valence-corrected chi connectivity index (χ4v) is 4.05. The summed E-state index contributed by atoms with van der Waals surface area (Å²) in [7, 11) is 1.58. The first kappa shape index (κ1) is 20.4. The Morgan fingerprint density at radius 3 is 2.75 bits per heavy atom. The predicted octanol–water partition coefficient (Wildman–Crippen LogP) is 3.95. The van der Waals surface area contributed by atoms with Crippen LogP contribution in [0.1, 0.15) is 6.42 Å². The molecule has 1 saturated heterocycles. The van der Waals surface area contributed by atoms with Crippen molar-refractivity contribution in [3.8, 4) is 0 Å². The number of nitrogens with one attached hydrogen (secondary N) is 1. The summed E-state index contributed by atoms with van der Waals surface area (Å²) in [6, 6.07) is 16.3. The van der Waals surface area contributed by atoms with Crippen LogP contribution in [0.25, 0.3) is 0 Å². The molecule has 0 saturated carbocycles. The molecule has 2 aromatic carbocycles. The van der Waals surface area contributed by atoms with Gasteiger partial charge in [-0.3, -0.25) is 14.5 Å². The molecule has 6 nitrogen and oxygen atoms in total. The summed E-state index contributed by atoms with van der Waals surface area (Å²) in [5.41, 5.74) is 1.35. The number of carbonyl (C=O) groups excluding carboxylic acids is 2. The van der Waals surface area contributed by atoms with Crippen LogP contribution in [0.5, 0.6) is 0 Å². The molecule has 2 aromatic rings. The van der Waals surface area contributed by atoms with Crippen molar-refractivity contribution in [3.05, 3.63) is 59.6 Å². The summed E-state index contributed by atoms with van der Waals surface area (Å²) in [4.78, 5) is 31.4. The zero-order valence-corrected chi connectivity index (χ0v) is 16.9. The third kappa shape index (κ3) is 5.34. The monoisotopic (exact) mass is 417 g/mol. The summed E-state index contributed by atoms with van der Waals surface area (Å²) < 4.78 is 5.11. The largest absolute Gasteiger partial charge is 0.383 e. The molecule has 2 amide bonds. The lowest BCUT2D eigenvalue weighted by Gasteiger charge is -2.15. The Kier molecular flexibility index (Phi) is 7.08. The molecule has 0 bridgehead atoms. The Bertz CT molecular complexity index is 876. The van der Waals surface area contributed by atoms with Crippen molar-refractivity contribution in [1.29, 1.82) is 0 Å². The number of para-hydroxylation sites is 1. The van der Waals surface area contributed by atoms with Crippen molar-refractivity contribution < 1.29 is 14.3 Å². The van der Waals surface area contributed by atoms with Crippen molar-refractivity contribution in [2.45, 2.75) is 11.7 Å². The summed E-state index contributed by atoms with van der Waals surface area (Å²) in [6.07, 6.45) is 0.0489. The average molecular weight is 418 g/mol. The molecular formula is C20H20ClN3O3S. The van der Waals surface area contributed by atoms with E-state index in [4.69, 9.17) is 16.3 Å². The molecule has 1 N–H and O–H groups in total. The second-order valence-electron chi connectivity index (χ2n) is 6.08. The quantitative estimate of drug-likeness (QED) is 0.740. The summed E-state index contributed by atoms with van der Waals surface area (Å²) in [6.45, 7) is 0.780. The number of nitrogens with zero attached hydrogens (tertiary/aromatic N) is 2. The van der Waals surface area contributed by atoms with Gasteiger partial charge in [0.1, 0.15) is 5.25 Å². The van der Waals surface area contributed by atoms with E-state index >= 15 is 0 Å². The molecular weight excluding hydrogens is 398 g/mol. The van der Waals surface area contributed by atoms with Gasteiger partial charge in [0.2, 0.25) is 11.8 Å². The van der Waals surface area contributed by atoms with Crippen LogP contribution in [0.15, 0.2) is 59.6 Å². The first-order valence-electron chi connectivity index (χ1n) is 8.73. The molecule has 0 radical (unpaired) electrons. The third-order valence-corrected chi connectivity index (χ3v) is 5.41. The van der Waals surface area contributed by atoms with Crippen LogP contribution in [0.4, 0.5) is 11.4 Å². The smallest absolute Gasteiger partial charge is 0.242 e. The number of thioether (sulfide) groups is 1. The van der Waals surface area contributed by atoms with E-state index in [-0.39, 0.29) is 18.2 Å². The number of methoxy groups -OCH3 is 1. The van der Waals surface area contributed by atoms with E-state index in [2.05, 4.69) is 10.3 Å². The molecule has 1 unspecified atom stereocenters. The number of anilines is 1. The van der Waals surface area contributed by atoms with E-state index in [1.54, 1.807) is 36.3 Å². The highest BCUT2D eigenvalue weighted by Gasteiger charge is 2.38. The Labute approximate surface area is 172 Å². The van der Waals surface area contributed by atoms with E-state index in [9.17, 15) is 9.59 Å². The van der Waals surface area contributed by atoms with Gasteiger partial charge in [-0.25, -0.2) is 4.99 Å². The van der Waals surface area contributed by atoms with E-state index in [0.29, 0.717) is 29.0 Å². The van der Waals surface area contributed by atoms with Gasteiger partial charge in [0, 0.05) is 24.2 Å². The number of aliphatic imine (C=N–C) groups is 1. The van der Waals surface area contributed by atoms with Crippen LogP contribution in [-0.2, 0) is 14.3 Å². The van der Waals surface area contributed by atoms with Gasteiger partial charge in [0.05, 0.1) is 18.8 Å². The molecule has 1 heterocycles. The molecule has 0 aromatic heterocycles. The Morgan fingerprint density at radius 1 is 1.25 bits per heavy atom. The molecule has 1 atom stereocenters. The van der Waals surface area contributed by atoms with Crippen molar-refractivity contribution in [2.24, 2.45) is 4.99 Å². The molecule has 0 aliphatic carbocycles. The maximum atomic E-state index is 12.8. The van der Waals surface area contributed by atoms with Gasteiger partial charge < -0.3 is 10.1 Å². The predicted molar refractivity (Wildman–Crippen MR) is 113 cm³/mol. The molecule has 1 fully saturated rings. The molecule has 1 aliphatic heterocycles. The first-order chi connectivity index (χ1) is 13.6. The van der Waals surface area contributed by atoms with Gasteiger partial charge in [-0.15, -0.1) is 0 Å². The lowest BCUT2D eigenvalue weighted by Crippen LogP contribution is -2.35. The summed E-state index contributed by atoms with van der Waals surface area (Å²) in [5, 5.41) is 3.36. The SMILES string of the molecule is COCCN1C(=O)C(CC(=O)Nc2cccc(Cl)c2)SC1=Nc1ccccc1. The minimum Gasteiger partial charge on any atom is -0.383 e. The first-order valence-corrected chi connectivity index (χ1v) is 9.98. The zero-order valence-electron chi connectivity index (χ0n) is 15.3. The Morgan fingerprint density at radius 2 is 2.04 bits per heavy atom. The van der Waals surface area contributed by atoms with E-state index in [1.165, 1.54) is 11.8 Å². The minimum atomic E-state index is -0.529. The van der Waals surface area contributed by atoms with Gasteiger partial charge in [-0.2, -0.15) is 0 Å². The fraction of sp³-hybridized carbons (Fsp3) is 0.250. The zero-order chi connectivity index (χ0) is 19.9. The van der Waals surface area contributed by atoms with Crippen LogP contribution in [0, 0.1) is 0 Å². The maximum Gasteiger partial charge on any atom is 0.242 e. The van der Waals surface area contributed by atoms with Crippen LogP contribution >= 0.6 is 23.4 Å². The number of ether oxygens (including phenoxy) is 1. The maximum absolute atomic E-state index is 12.8. The van der Waals surface area contributed by atoms with Crippen molar-refractivity contribution in [3.63, 3.8) is 0 Å². The van der Waals surface area contributed by atoms with Gasteiger partial charge in [-0.1, -0.05) is 47.6 Å². The summed E-state index contributed by atoms with van der Waals surface area (Å²) >= 11 is 7.24. The fourth-order valence-electron chi connectivity index (χ4n) is 2.67. The normalized spacial score (nSPS) is 17.9. The topological polar surface area (TPSA) is 71.0 Å². The van der Waals surface area contributed by atoms with Crippen molar-refractivity contribution in [1.82, 2.24) is 4.90 Å². The number of hydrogen-bond acceptors (Lipinski definition) is 5. The number of amidine groups is 1. The summed E-state index contributed by atoms with van der Waals surface area (Å²) in [5.74, 6) is -0.390. The number of benzene rings is 2.